The monoisotopic (exact) mass is 403 g/mol. The fraction of sp³-hybridized carbons (Fsp3) is 0.240. The highest BCUT2D eigenvalue weighted by molar-refractivity contribution is 5.75. The Balaban J connectivity index is 1.34. The molecule has 152 valence electrons. The molecule has 0 spiro atoms. The van der Waals surface area contributed by atoms with E-state index in [9.17, 15) is 14.3 Å². The lowest BCUT2D eigenvalue weighted by Gasteiger charge is -2.31. The Kier molecular flexibility index (Phi) is 4.66. The van der Waals surface area contributed by atoms with E-state index in [4.69, 9.17) is 4.74 Å². The molecule has 1 aliphatic carbocycles. The molecule has 0 saturated heterocycles. The zero-order valence-electron chi connectivity index (χ0n) is 16.4. The van der Waals surface area contributed by atoms with E-state index in [0.29, 0.717) is 18.0 Å². The van der Waals surface area contributed by atoms with Gasteiger partial charge in [-0.25, -0.2) is 4.39 Å². The summed E-state index contributed by atoms with van der Waals surface area (Å²) in [6.45, 7) is 1.47. The van der Waals surface area contributed by atoms with Gasteiger partial charge in [0.15, 0.2) is 0 Å². The zero-order chi connectivity index (χ0) is 20.7. The number of carbonyl (C=O) groups is 1. The Morgan fingerprint density at radius 3 is 2.60 bits per heavy atom. The normalized spacial score (nSPS) is 19.8. The Bertz CT molecular complexity index is 1100. The quantitative estimate of drug-likeness (QED) is 0.622. The van der Waals surface area contributed by atoms with Crippen molar-refractivity contribution >= 4 is 11.7 Å². The van der Waals surface area contributed by atoms with E-state index in [2.05, 4.69) is 17.0 Å². The van der Waals surface area contributed by atoms with Gasteiger partial charge >= 0.3 is 5.97 Å². The third-order valence-corrected chi connectivity index (χ3v) is 5.98. The molecule has 0 aromatic heterocycles. The highest BCUT2D eigenvalue weighted by Crippen LogP contribution is 2.48. The first kappa shape index (κ1) is 18.7. The standard InChI is InChI=1S/C25H22FNO3/c26-19-11-20(13-22(12-19)30-21-4-2-1-3-5-21)27-9-8-16-10-17(6-7-18(16)15-27)23-14-24(23)25(28)29/h1-7,10-13,23-24H,8-9,14-15H2,(H,28,29)/t23-,24+/m1/s1. The van der Waals surface area contributed by atoms with Crippen molar-refractivity contribution in [2.24, 2.45) is 5.92 Å². The number of ether oxygens (including phenoxy) is 1. The van der Waals surface area contributed by atoms with Crippen LogP contribution in [0.2, 0.25) is 0 Å². The molecule has 3 aromatic carbocycles. The number of aliphatic carboxylic acids is 1. The maximum atomic E-state index is 14.3. The van der Waals surface area contributed by atoms with E-state index in [1.807, 2.05) is 42.5 Å². The molecular formula is C25H22FNO3. The minimum Gasteiger partial charge on any atom is -0.481 e. The molecule has 1 aliphatic heterocycles. The Morgan fingerprint density at radius 1 is 1.00 bits per heavy atom. The number of carboxylic acids is 1. The van der Waals surface area contributed by atoms with Gasteiger partial charge in [-0.05, 0) is 53.6 Å². The Hall–Kier alpha value is -3.34. The number of anilines is 1. The largest absolute Gasteiger partial charge is 0.481 e. The number of rotatable bonds is 5. The summed E-state index contributed by atoms with van der Waals surface area (Å²) in [6.07, 6.45) is 1.58. The van der Waals surface area contributed by atoms with Crippen LogP contribution in [0.3, 0.4) is 0 Å². The average molecular weight is 403 g/mol. The van der Waals surface area contributed by atoms with E-state index in [1.165, 1.54) is 17.2 Å². The van der Waals surface area contributed by atoms with Crippen LogP contribution in [0.1, 0.15) is 29.0 Å². The second-order valence-corrected chi connectivity index (χ2v) is 8.05. The molecule has 3 aromatic rings. The SMILES string of the molecule is O=C(O)[C@H]1C[C@@H]1c1ccc2c(c1)CCN(c1cc(F)cc(Oc3ccccc3)c1)C2. The molecule has 0 bridgehead atoms. The minimum absolute atomic E-state index is 0.145. The van der Waals surface area contributed by atoms with Gasteiger partial charge in [0.05, 0.1) is 5.92 Å². The summed E-state index contributed by atoms with van der Waals surface area (Å²) < 4.78 is 20.1. The summed E-state index contributed by atoms with van der Waals surface area (Å²) in [4.78, 5) is 13.3. The minimum atomic E-state index is -0.705. The molecule has 30 heavy (non-hydrogen) atoms. The number of hydrogen-bond acceptors (Lipinski definition) is 3. The average Bonchev–Trinajstić information content (AvgIpc) is 3.55. The molecule has 1 N–H and O–H groups in total. The molecule has 0 radical (unpaired) electrons. The van der Waals surface area contributed by atoms with E-state index in [1.54, 1.807) is 6.07 Å². The lowest BCUT2D eigenvalue weighted by molar-refractivity contribution is -0.138. The number of carboxylic acid groups (broad SMARTS) is 1. The van der Waals surface area contributed by atoms with E-state index >= 15 is 0 Å². The fourth-order valence-electron chi connectivity index (χ4n) is 4.27. The van der Waals surface area contributed by atoms with Crippen molar-refractivity contribution in [2.75, 3.05) is 11.4 Å². The molecule has 1 saturated carbocycles. The maximum Gasteiger partial charge on any atom is 0.307 e. The molecule has 1 heterocycles. The summed E-state index contributed by atoms with van der Waals surface area (Å²) in [5.41, 5.74) is 4.38. The smallest absolute Gasteiger partial charge is 0.307 e. The first-order valence-electron chi connectivity index (χ1n) is 10.2. The summed E-state index contributed by atoms with van der Waals surface area (Å²) in [5.74, 6) is 0.0258. The molecule has 0 unspecified atom stereocenters. The van der Waals surface area contributed by atoms with Crippen LogP contribution in [0.15, 0.2) is 66.7 Å². The molecule has 2 aliphatic rings. The van der Waals surface area contributed by atoms with Gasteiger partial charge < -0.3 is 14.7 Å². The van der Waals surface area contributed by atoms with Crippen molar-refractivity contribution in [3.05, 3.63) is 89.2 Å². The van der Waals surface area contributed by atoms with Gasteiger partial charge in [-0.3, -0.25) is 4.79 Å². The predicted octanol–water partition coefficient (Wildman–Crippen LogP) is 5.37. The lowest BCUT2D eigenvalue weighted by atomic mass is 9.95. The van der Waals surface area contributed by atoms with Crippen molar-refractivity contribution in [1.29, 1.82) is 0 Å². The number of hydrogen-bond donors (Lipinski definition) is 1. The van der Waals surface area contributed by atoms with Crippen LogP contribution in [0.25, 0.3) is 0 Å². The zero-order valence-corrected chi connectivity index (χ0v) is 16.4. The Morgan fingerprint density at radius 2 is 1.83 bits per heavy atom. The molecule has 1 fully saturated rings. The third kappa shape index (κ3) is 3.75. The Labute approximate surface area is 174 Å². The van der Waals surface area contributed by atoms with Crippen LogP contribution in [0, 0.1) is 11.7 Å². The summed E-state index contributed by atoms with van der Waals surface area (Å²) in [5, 5.41) is 9.17. The van der Waals surface area contributed by atoms with Gasteiger partial charge in [0, 0.05) is 30.9 Å². The summed E-state index contributed by atoms with van der Waals surface area (Å²) >= 11 is 0. The number of halogens is 1. The third-order valence-electron chi connectivity index (χ3n) is 5.98. The number of benzene rings is 3. The maximum absolute atomic E-state index is 14.3. The molecule has 2 atom stereocenters. The van der Waals surface area contributed by atoms with Crippen LogP contribution in [0.5, 0.6) is 11.5 Å². The highest BCUT2D eigenvalue weighted by atomic mass is 19.1. The van der Waals surface area contributed by atoms with Crippen LogP contribution in [-0.2, 0) is 17.8 Å². The van der Waals surface area contributed by atoms with Crippen LogP contribution in [-0.4, -0.2) is 17.6 Å². The first-order chi connectivity index (χ1) is 14.6. The second kappa shape index (κ2) is 7.48. The van der Waals surface area contributed by atoms with Crippen LogP contribution < -0.4 is 9.64 Å². The molecule has 4 nitrogen and oxygen atoms in total. The van der Waals surface area contributed by atoms with Crippen molar-refractivity contribution in [3.8, 4) is 11.5 Å². The summed E-state index contributed by atoms with van der Waals surface area (Å²) in [7, 11) is 0. The fourth-order valence-corrected chi connectivity index (χ4v) is 4.27. The second-order valence-electron chi connectivity index (χ2n) is 8.05. The van der Waals surface area contributed by atoms with Crippen molar-refractivity contribution in [2.45, 2.75) is 25.3 Å². The first-order valence-corrected chi connectivity index (χ1v) is 10.2. The van der Waals surface area contributed by atoms with E-state index < -0.39 is 5.97 Å². The van der Waals surface area contributed by atoms with Crippen molar-refractivity contribution in [1.82, 2.24) is 0 Å². The molecule has 0 amide bonds. The van der Waals surface area contributed by atoms with Gasteiger partial charge in [0.25, 0.3) is 0 Å². The highest BCUT2D eigenvalue weighted by Gasteiger charge is 2.44. The van der Waals surface area contributed by atoms with E-state index in [0.717, 1.165) is 30.6 Å². The predicted molar refractivity (Wildman–Crippen MR) is 113 cm³/mol. The molecular weight excluding hydrogens is 381 g/mol. The van der Waals surface area contributed by atoms with Crippen molar-refractivity contribution in [3.63, 3.8) is 0 Å². The van der Waals surface area contributed by atoms with Gasteiger partial charge in [-0.2, -0.15) is 0 Å². The van der Waals surface area contributed by atoms with Crippen molar-refractivity contribution < 1.29 is 19.0 Å². The number of nitrogens with zero attached hydrogens (tertiary/aromatic N) is 1. The lowest BCUT2D eigenvalue weighted by Crippen LogP contribution is -2.30. The summed E-state index contributed by atoms with van der Waals surface area (Å²) in [6, 6.07) is 20.5. The topological polar surface area (TPSA) is 49.8 Å². The van der Waals surface area contributed by atoms with Crippen LogP contribution in [0.4, 0.5) is 10.1 Å². The number of fused-ring (bicyclic) bond motifs is 1. The molecule has 5 heteroatoms. The van der Waals surface area contributed by atoms with Gasteiger partial charge in [0.2, 0.25) is 0 Å². The molecule has 5 rings (SSSR count). The van der Waals surface area contributed by atoms with Gasteiger partial charge in [-0.1, -0.05) is 36.4 Å². The van der Waals surface area contributed by atoms with Crippen LogP contribution >= 0.6 is 0 Å². The van der Waals surface area contributed by atoms with E-state index in [-0.39, 0.29) is 17.7 Å². The van der Waals surface area contributed by atoms with Gasteiger partial charge in [-0.15, -0.1) is 0 Å². The number of para-hydroxylation sites is 1. The van der Waals surface area contributed by atoms with Gasteiger partial charge in [0.1, 0.15) is 17.3 Å².